The van der Waals surface area contributed by atoms with Crippen molar-refractivity contribution in [2.45, 2.75) is 25.7 Å². The van der Waals surface area contributed by atoms with Crippen LogP contribution < -0.4 is 10.6 Å². The van der Waals surface area contributed by atoms with Gasteiger partial charge in [-0.2, -0.15) is 0 Å². The quantitative estimate of drug-likeness (QED) is 0.791. The Bertz CT molecular complexity index is 551. The van der Waals surface area contributed by atoms with Gasteiger partial charge in [0, 0.05) is 17.8 Å². The van der Waals surface area contributed by atoms with Gasteiger partial charge >= 0.3 is 0 Å². The van der Waals surface area contributed by atoms with Crippen LogP contribution in [0.1, 0.15) is 25.7 Å². The number of anilines is 2. The van der Waals surface area contributed by atoms with Crippen molar-refractivity contribution in [3.63, 3.8) is 0 Å². The Hall–Kier alpha value is -1.48. The zero-order valence-corrected chi connectivity index (χ0v) is 10.8. The van der Waals surface area contributed by atoms with Gasteiger partial charge < -0.3 is 10.6 Å². The maximum Gasteiger partial charge on any atom is 0.254 e. The monoisotopic (exact) mass is 262 g/mol. The van der Waals surface area contributed by atoms with E-state index in [0.717, 1.165) is 37.1 Å². The topological polar surface area (TPSA) is 46.3 Å². The van der Waals surface area contributed by atoms with Crippen LogP contribution in [0.5, 0.6) is 0 Å². The lowest BCUT2D eigenvalue weighted by Gasteiger charge is -2.17. The lowest BCUT2D eigenvalue weighted by Crippen LogP contribution is -2.26. The lowest BCUT2D eigenvalue weighted by atomic mass is 9.94. The van der Waals surface area contributed by atoms with Gasteiger partial charge in [0.25, 0.3) is 5.91 Å². The molecule has 1 aliphatic carbocycles. The smallest absolute Gasteiger partial charge is 0.254 e. The lowest BCUT2D eigenvalue weighted by molar-refractivity contribution is -0.114. The van der Waals surface area contributed by atoms with Gasteiger partial charge in [0.2, 0.25) is 0 Å². The Morgan fingerprint density at radius 1 is 1.22 bits per heavy atom. The summed E-state index contributed by atoms with van der Waals surface area (Å²) in [5, 5.41) is 0.531. The Morgan fingerprint density at radius 2 is 2.00 bits per heavy atom. The molecule has 18 heavy (non-hydrogen) atoms. The van der Waals surface area contributed by atoms with Crippen LogP contribution in [0.25, 0.3) is 0 Å². The molecule has 2 N–H and O–H groups in total. The molecule has 0 spiro atoms. The second kappa shape index (κ2) is 4.32. The molecule has 2 aliphatic rings. The summed E-state index contributed by atoms with van der Waals surface area (Å²) in [5.41, 5.74) is 9.49. The van der Waals surface area contributed by atoms with E-state index in [1.807, 2.05) is 11.0 Å². The molecule has 1 heterocycles. The molecule has 94 valence electrons. The third-order valence-corrected chi connectivity index (χ3v) is 4.07. The molecule has 0 aromatic heterocycles. The minimum atomic E-state index is 0.145. The molecule has 0 saturated carbocycles. The molecule has 0 fully saturated rings. The second-order valence-corrected chi connectivity index (χ2v) is 5.29. The van der Waals surface area contributed by atoms with Crippen LogP contribution in [-0.2, 0) is 4.79 Å². The summed E-state index contributed by atoms with van der Waals surface area (Å²) in [4.78, 5) is 14.1. The predicted molar refractivity (Wildman–Crippen MR) is 73.7 cm³/mol. The Morgan fingerprint density at radius 3 is 2.72 bits per heavy atom. The Kier molecular flexibility index (Phi) is 2.78. The van der Waals surface area contributed by atoms with E-state index < -0.39 is 0 Å². The number of benzene rings is 1. The van der Waals surface area contributed by atoms with E-state index in [-0.39, 0.29) is 5.91 Å². The number of hydrogen-bond donors (Lipinski definition) is 1. The Balaban J connectivity index is 1.91. The van der Waals surface area contributed by atoms with Crippen molar-refractivity contribution in [2.24, 2.45) is 0 Å². The van der Waals surface area contributed by atoms with Crippen molar-refractivity contribution in [1.29, 1.82) is 0 Å². The molecule has 3 rings (SSSR count). The second-order valence-electron chi connectivity index (χ2n) is 4.89. The van der Waals surface area contributed by atoms with E-state index in [1.165, 1.54) is 12.0 Å². The largest absolute Gasteiger partial charge is 0.397 e. The molecule has 4 heteroatoms. The fourth-order valence-electron chi connectivity index (χ4n) is 2.73. The van der Waals surface area contributed by atoms with Crippen LogP contribution in [0.2, 0.25) is 5.02 Å². The fraction of sp³-hybridized carbons (Fsp3) is 0.357. The molecule has 0 radical (unpaired) electrons. The van der Waals surface area contributed by atoms with Gasteiger partial charge in [0.1, 0.15) is 0 Å². The minimum absolute atomic E-state index is 0.145. The van der Waals surface area contributed by atoms with Crippen molar-refractivity contribution in [1.82, 2.24) is 0 Å². The molecular weight excluding hydrogens is 248 g/mol. The van der Waals surface area contributed by atoms with E-state index in [2.05, 4.69) is 0 Å². The number of halogens is 1. The maximum absolute atomic E-state index is 12.3. The molecule has 0 atom stereocenters. The number of carbonyl (C=O) groups is 1. The van der Waals surface area contributed by atoms with E-state index in [1.54, 1.807) is 12.1 Å². The minimum Gasteiger partial charge on any atom is -0.397 e. The van der Waals surface area contributed by atoms with E-state index in [9.17, 15) is 4.79 Å². The van der Waals surface area contributed by atoms with Crippen LogP contribution >= 0.6 is 11.6 Å². The van der Waals surface area contributed by atoms with Crippen LogP contribution in [0, 0.1) is 0 Å². The highest BCUT2D eigenvalue weighted by Crippen LogP contribution is 2.35. The zero-order chi connectivity index (χ0) is 12.7. The fourth-order valence-corrected chi connectivity index (χ4v) is 2.85. The molecule has 1 amide bonds. The van der Waals surface area contributed by atoms with Gasteiger partial charge in [0.05, 0.1) is 10.7 Å². The molecule has 1 aromatic carbocycles. The highest BCUT2D eigenvalue weighted by atomic mass is 35.5. The normalized spacial score (nSPS) is 19.4. The van der Waals surface area contributed by atoms with Gasteiger partial charge in [-0.15, -0.1) is 0 Å². The van der Waals surface area contributed by atoms with Gasteiger partial charge in [-0.05, 0) is 49.5 Å². The Labute approximate surface area is 111 Å². The summed E-state index contributed by atoms with van der Waals surface area (Å²) in [6.07, 6.45) is 4.30. The summed E-state index contributed by atoms with van der Waals surface area (Å²) < 4.78 is 0. The predicted octanol–water partition coefficient (Wildman–Crippen LogP) is 3.14. The number of nitrogens with zero attached hydrogens (tertiary/aromatic N) is 1. The first-order chi connectivity index (χ1) is 8.66. The molecule has 0 saturated heterocycles. The number of amides is 1. The first-order valence-corrected chi connectivity index (χ1v) is 6.62. The van der Waals surface area contributed by atoms with Gasteiger partial charge in [-0.25, -0.2) is 0 Å². The van der Waals surface area contributed by atoms with Crippen LogP contribution in [0.15, 0.2) is 29.3 Å². The maximum atomic E-state index is 12.3. The zero-order valence-electron chi connectivity index (χ0n) is 10.1. The molecule has 3 nitrogen and oxygen atoms in total. The van der Waals surface area contributed by atoms with E-state index in [0.29, 0.717) is 10.7 Å². The number of nitrogen functional groups attached to an aromatic ring is 1. The molecule has 0 bridgehead atoms. The van der Waals surface area contributed by atoms with Gasteiger partial charge in [-0.3, -0.25) is 4.79 Å². The summed E-state index contributed by atoms with van der Waals surface area (Å²) in [6, 6.07) is 5.38. The first-order valence-electron chi connectivity index (χ1n) is 6.24. The van der Waals surface area contributed by atoms with E-state index >= 15 is 0 Å². The summed E-state index contributed by atoms with van der Waals surface area (Å²) >= 11 is 5.91. The molecular formula is C14H15ClN2O. The highest BCUT2D eigenvalue weighted by molar-refractivity contribution is 6.33. The number of rotatable bonds is 1. The van der Waals surface area contributed by atoms with Gasteiger partial charge in [0.15, 0.2) is 0 Å². The summed E-state index contributed by atoms with van der Waals surface area (Å²) in [6.45, 7) is 0.717. The molecule has 0 unspecified atom stereocenters. The highest BCUT2D eigenvalue weighted by Gasteiger charge is 2.32. The van der Waals surface area contributed by atoms with Crippen molar-refractivity contribution in [3.8, 4) is 0 Å². The van der Waals surface area contributed by atoms with Crippen LogP contribution in [-0.4, -0.2) is 12.5 Å². The average Bonchev–Trinajstić information content (AvgIpc) is 2.71. The number of carbonyl (C=O) groups excluding carboxylic acids is 1. The summed E-state index contributed by atoms with van der Waals surface area (Å²) in [7, 11) is 0. The number of hydrogen-bond acceptors (Lipinski definition) is 2. The van der Waals surface area contributed by atoms with E-state index in [4.69, 9.17) is 17.3 Å². The van der Waals surface area contributed by atoms with Crippen molar-refractivity contribution < 1.29 is 4.79 Å². The van der Waals surface area contributed by atoms with Crippen LogP contribution in [0.4, 0.5) is 11.4 Å². The molecule has 1 aliphatic heterocycles. The molecule has 1 aromatic rings. The average molecular weight is 263 g/mol. The van der Waals surface area contributed by atoms with Crippen molar-refractivity contribution in [2.75, 3.05) is 17.2 Å². The SMILES string of the molecule is Nc1cc(N2CC3=C(CCCC3)C2=O)ccc1Cl. The van der Waals surface area contributed by atoms with Gasteiger partial charge in [-0.1, -0.05) is 11.6 Å². The standard InChI is InChI=1S/C14H15ClN2O/c15-12-6-5-10(7-13(12)16)17-8-9-3-1-2-4-11(9)14(17)18/h5-7H,1-4,8,16H2. The number of nitrogens with two attached hydrogens (primary N) is 1. The third-order valence-electron chi connectivity index (χ3n) is 3.73. The summed E-state index contributed by atoms with van der Waals surface area (Å²) in [5.74, 6) is 0.145. The third kappa shape index (κ3) is 1.79. The van der Waals surface area contributed by atoms with Crippen LogP contribution in [0.3, 0.4) is 0 Å². The first kappa shape index (κ1) is 11.6. The van der Waals surface area contributed by atoms with Crippen molar-refractivity contribution in [3.05, 3.63) is 34.4 Å². The van der Waals surface area contributed by atoms with Crippen molar-refractivity contribution >= 4 is 28.9 Å².